The average molecular weight is 188 g/mol. The van der Waals surface area contributed by atoms with Gasteiger partial charge in [0, 0.05) is 0 Å². The van der Waals surface area contributed by atoms with Crippen LogP contribution in [0.15, 0.2) is 6.58 Å². The van der Waals surface area contributed by atoms with Gasteiger partial charge in [0.1, 0.15) is 0 Å². The van der Waals surface area contributed by atoms with Gasteiger partial charge in [0.25, 0.3) is 0 Å². The van der Waals surface area contributed by atoms with Gasteiger partial charge in [0.05, 0.1) is 0 Å². The molecule has 0 fully saturated rings. The molecule has 76 valence electrons. The van der Waals surface area contributed by atoms with Crippen LogP contribution in [0.5, 0.6) is 0 Å². The van der Waals surface area contributed by atoms with E-state index in [0.29, 0.717) is 0 Å². The smallest absolute Gasteiger partial charge is 0.0169 e. The van der Waals surface area contributed by atoms with Crippen LogP contribution in [0.25, 0.3) is 5.57 Å². The third-order valence-electron chi connectivity index (χ3n) is 3.43. The fourth-order valence-corrected chi connectivity index (χ4v) is 2.14. The molecule has 0 spiro atoms. The van der Waals surface area contributed by atoms with Crippen LogP contribution in [0.4, 0.5) is 0 Å². The van der Waals surface area contributed by atoms with Crippen LogP contribution in [0.3, 0.4) is 0 Å². The van der Waals surface area contributed by atoms with Gasteiger partial charge in [-0.1, -0.05) is 12.2 Å². The first kappa shape index (κ1) is 11.0. The Hall–Kier alpha value is -1.04. The van der Waals surface area contributed by atoms with Crippen molar-refractivity contribution < 1.29 is 0 Å². The molecule has 1 aromatic rings. The monoisotopic (exact) mass is 188 g/mol. The zero-order valence-electron chi connectivity index (χ0n) is 10.2. The Balaban J connectivity index is 3.68. The normalized spacial score (nSPS) is 10.4. The lowest BCUT2D eigenvalue weighted by Crippen LogP contribution is -2.00. The van der Waals surface area contributed by atoms with E-state index in [4.69, 9.17) is 0 Å². The van der Waals surface area contributed by atoms with Crippen molar-refractivity contribution >= 4 is 5.57 Å². The van der Waals surface area contributed by atoms with Gasteiger partial charge in [-0.3, -0.25) is 0 Å². The first-order valence-corrected chi connectivity index (χ1v) is 5.10. The van der Waals surface area contributed by atoms with E-state index in [-0.39, 0.29) is 0 Å². The molecule has 0 saturated carbocycles. The molecule has 0 amide bonds. The predicted octanol–water partition coefficient (Wildman–Crippen LogP) is 4.26. The minimum atomic E-state index is 1.17. The molecule has 0 heterocycles. The maximum absolute atomic E-state index is 4.06. The van der Waals surface area contributed by atoms with E-state index in [0.717, 1.165) is 0 Å². The standard InChI is InChI=1S/C14H20/c1-8(2)14-12(6)10(4)9(3)11(5)13(14)7/h1H2,2-7H3. The molecule has 0 N–H and O–H groups in total. The molecule has 1 rings (SSSR count). The molecular weight excluding hydrogens is 168 g/mol. The van der Waals surface area contributed by atoms with Crippen LogP contribution in [0.2, 0.25) is 0 Å². The summed E-state index contributed by atoms with van der Waals surface area (Å²) < 4.78 is 0. The summed E-state index contributed by atoms with van der Waals surface area (Å²) in [7, 11) is 0. The van der Waals surface area contributed by atoms with Crippen molar-refractivity contribution in [2.24, 2.45) is 0 Å². The molecule has 0 atom stereocenters. The highest BCUT2D eigenvalue weighted by molar-refractivity contribution is 5.71. The second-order valence-electron chi connectivity index (χ2n) is 4.28. The Labute approximate surface area is 87.7 Å². The first-order valence-electron chi connectivity index (χ1n) is 5.10. The van der Waals surface area contributed by atoms with Gasteiger partial charge in [0.15, 0.2) is 0 Å². The quantitative estimate of drug-likeness (QED) is 0.617. The van der Waals surface area contributed by atoms with Crippen molar-refractivity contribution in [1.82, 2.24) is 0 Å². The molecule has 0 aliphatic rings. The van der Waals surface area contributed by atoms with E-state index in [1.54, 1.807) is 0 Å². The van der Waals surface area contributed by atoms with Crippen molar-refractivity contribution in [1.29, 1.82) is 0 Å². The van der Waals surface area contributed by atoms with Gasteiger partial charge in [0.2, 0.25) is 0 Å². The van der Waals surface area contributed by atoms with Gasteiger partial charge < -0.3 is 0 Å². The SMILES string of the molecule is C=C(C)c1c(C)c(C)c(C)c(C)c1C. The highest BCUT2D eigenvalue weighted by atomic mass is 14.2. The lowest BCUT2D eigenvalue weighted by atomic mass is 9.87. The van der Waals surface area contributed by atoms with Crippen LogP contribution in [0.1, 0.15) is 40.3 Å². The first-order chi connectivity index (χ1) is 6.37. The molecule has 0 aromatic heterocycles. The van der Waals surface area contributed by atoms with E-state index in [9.17, 15) is 0 Å². The van der Waals surface area contributed by atoms with Gasteiger partial charge in [-0.25, -0.2) is 0 Å². The molecular formula is C14H20. The van der Waals surface area contributed by atoms with E-state index >= 15 is 0 Å². The van der Waals surface area contributed by atoms with Gasteiger partial charge in [-0.15, -0.1) is 0 Å². The van der Waals surface area contributed by atoms with Crippen LogP contribution in [0, 0.1) is 34.6 Å². The van der Waals surface area contributed by atoms with Crippen LogP contribution >= 0.6 is 0 Å². The molecule has 0 nitrogen and oxygen atoms in total. The summed E-state index contributed by atoms with van der Waals surface area (Å²) in [5.41, 5.74) is 9.54. The largest absolute Gasteiger partial charge is 0.0955 e. The molecule has 0 saturated heterocycles. The molecule has 0 heteroatoms. The summed E-state index contributed by atoms with van der Waals surface area (Å²) >= 11 is 0. The van der Waals surface area contributed by atoms with Crippen molar-refractivity contribution in [3.8, 4) is 0 Å². The summed E-state index contributed by atoms with van der Waals surface area (Å²) in [6.45, 7) is 17.1. The summed E-state index contributed by atoms with van der Waals surface area (Å²) in [4.78, 5) is 0. The Morgan fingerprint density at radius 1 is 0.714 bits per heavy atom. The van der Waals surface area contributed by atoms with Crippen molar-refractivity contribution in [2.45, 2.75) is 41.5 Å². The highest BCUT2D eigenvalue weighted by Crippen LogP contribution is 2.29. The molecule has 1 aromatic carbocycles. The molecule has 0 bridgehead atoms. The fraction of sp³-hybridized carbons (Fsp3) is 0.429. The summed E-state index contributed by atoms with van der Waals surface area (Å²) in [5.74, 6) is 0. The second kappa shape index (κ2) is 3.61. The fourth-order valence-electron chi connectivity index (χ4n) is 2.14. The highest BCUT2D eigenvalue weighted by Gasteiger charge is 2.11. The number of rotatable bonds is 1. The van der Waals surface area contributed by atoms with E-state index in [1.165, 1.54) is 39.0 Å². The Kier molecular flexibility index (Phi) is 2.84. The number of benzene rings is 1. The zero-order chi connectivity index (χ0) is 11.0. The van der Waals surface area contributed by atoms with Gasteiger partial charge in [-0.2, -0.15) is 0 Å². The van der Waals surface area contributed by atoms with E-state index in [1.807, 2.05) is 0 Å². The van der Waals surface area contributed by atoms with Gasteiger partial charge in [-0.05, 0) is 74.9 Å². The van der Waals surface area contributed by atoms with Crippen molar-refractivity contribution in [2.75, 3.05) is 0 Å². The Morgan fingerprint density at radius 2 is 1.00 bits per heavy atom. The maximum atomic E-state index is 4.06. The molecule has 0 radical (unpaired) electrons. The van der Waals surface area contributed by atoms with Crippen LogP contribution in [-0.2, 0) is 0 Å². The maximum Gasteiger partial charge on any atom is -0.0169 e. The Bertz CT molecular complexity index is 366. The van der Waals surface area contributed by atoms with Crippen LogP contribution in [-0.4, -0.2) is 0 Å². The third-order valence-corrected chi connectivity index (χ3v) is 3.43. The van der Waals surface area contributed by atoms with Crippen molar-refractivity contribution in [3.05, 3.63) is 40.0 Å². The Morgan fingerprint density at radius 3 is 1.29 bits per heavy atom. The molecule has 0 aliphatic carbocycles. The molecule has 14 heavy (non-hydrogen) atoms. The number of hydrogen-bond donors (Lipinski definition) is 0. The van der Waals surface area contributed by atoms with E-state index < -0.39 is 0 Å². The van der Waals surface area contributed by atoms with Crippen molar-refractivity contribution in [3.63, 3.8) is 0 Å². The lowest BCUT2D eigenvalue weighted by Gasteiger charge is -2.18. The van der Waals surface area contributed by atoms with E-state index in [2.05, 4.69) is 48.1 Å². The number of allylic oxidation sites excluding steroid dienone is 1. The number of hydrogen-bond acceptors (Lipinski definition) is 0. The summed E-state index contributed by atoms with van der Waals surface area (Å²) in [5, 5.41) is 0. The van der Waals surface area contributed by atoms with Gasteiger partial charge >= 0.3 is 0 Å². The molecule has 0 unspecified atom stereocenters. The zero-order valence-corrected chi connectivity index (χ0v) is 10.2. The van der Waals surface area contributed by atoms with Crippen LogP contribution < -0.4 is 0 Å². The third kappa shape index (κ3) is 1.50. The summed E-state index contributed by atoms with van der Waals surface area (Å²) in [6, 6.07) is 0. The average Bonchev–Trinajstić information content (AvgIpc) is 2.11. The second-order valence-corrected chi connectivity index (χ2v) is 4.28. The summed E-state index contributed by atoms with van der Waals surface area (Å²) in [6.07, 6.45) is 0. The molecule has 0 aliphatic heterocycles. The lowest BCUT2D eigenvalue weighted by molar-refractivity contribution is 1.16. The predicted molar refractivity (Wildman–Crippen MR) is 64.8 cm³/mol. The minimum absolute atomic E-state index is 1.17. The topological polar surface area (TPSA) is 0 Å². The minimum Gasteiger partial charge on any atom is -0.0955 e.